The van der Waals surface area contributed by atoms with Crippen LogP contribution in [0.15, 0.2) is 78.9 Å². The number of esters is 1. The zero-order chi connectivity index (χ0) is 19.3. The van der Waals surface area contributed by atoms with E-state index in [1.54, 1.807) is 0 Å². The van der Waals surface area contributed by atoms with Crippen molar-refractivity contribution in [2.24, 2.45) is 0 Å². The Morgan fingerprint density at radius 2 is 1.68 bits per heavy atom. The molecule has 0 unspecified atom stereocenters. The van der Waals surface area contributed by atoms with Gasteiger partial charge in [-0.15, -0.1) is 0 Å². The van der Waals surface area contributed by atoms with Crippen LogP contribution in [0, 0.1) is 0 Å². The number of carbonyl (C=O) groups is 1. The third-order valence-electron chi connectivity index (χ3n) is 4.76. The van der Waals surface area contributed by atoms with Gasteiger partial charge in [0.1, 0.15) is 24.2 Å². The lowest BCUT2D eigenvalue weighted by Crippen LogP contribution is -2.34. The molecule has 2 atom stereocenters. The van der Waals surface area contributed by atoms with Crippen LogP contribution in [0.1, 0.15) is 29.7 Å². The van der Waals surface area contributed by atoms with Gasteiger partial charge in [-0.05, 0) is 34.9 Å². The summed E-state index contributed by atoms with van der Waals surface area (Å²) in [5.74, 6) is 1.31. The Balaban J connectivity index is 1.50. The van der Waals surface area contributed by atoms with Crippen LogP contribution in [0.3, 0.4) is 0 Å². The van der Waals surface area contributed by atoms with Gasteiger partial charge in [0.15, 0.2) is 6.10 Å². The molecule has 0 amide bonds. The first kappa shape index (κ1) is 18.1. The topological polar surface area (TPSA) is 44.8 Å². The van der Waals surface area contributed by atoms with Gasteiger partial charge in [-0.2, -0.15) is 0 Å². The van der Waals surface area contributed by atoms with Crippen molar-refractivity contribution in [2.45, 2.75) is 32.2 Å². The Kier molecular flexibility index (Phi) is 5.29. The van der Waals surface area contributed by atoms with Crippen LogP contribution in [-0.4, -0.2) is 12.1 Å². The molecule has 28 heavy (non-hydrogen) atoms. The van der Waals surface area contributed by atoms with Crippen LogP contribution in [0.2, 0.25) is 0 Å². The minimum atomic E-state index is -0.358. The Morgan fingerprint density at radius 1 is 0.964 bits per heavy atom. The number of fused-ring (bicyclic) bond motifs is 1. The quantitative estimate of drug-likeness (QED) is 0.598. The van der Waals surface area contributed by atoms with Gasteiger partial charge < -0.3 is 14.2 Å². The molecule has 3 aromatic carbocycles. The van der Waals surface area contributed by atoms with E-state index in [0.717, 1.165) is 28.2 Å². The average molecular weight is 374 g/mol. The molecule has 1 aliphatic rings. The number of hydrogen-bond acceptors (Lipinski definition) is 4. The minimum absolute atomic E-state index is 0.305. The summed E-state index contributed by atoms with van der Waals surface area (Å²) in [6.07, 6.45) is -0.0717. The smallest absolute Gasteiger partial charge is 0.303 e. The lowest BCUT2D eigenvalue weighted by Gasteiger charge is -2.33. The van der Waals surface area contributed by atoms with Crippen molar-refractivity contribution in [3.63, 3.8) is 0 Å². The maximum atomic E-state index is 11.6. The first-order valence-electron chi connectivity index (χ1n) is 9.37. The predicted molar refractivity (Wildman–Crippen MR) is 106 cm³/mol. The summed E-state index contributed by atoms with van der Waals surface area (Å²) in [6, 6.07) is 25.7. The maximum absolute atomic E-state index is 11.6. The summed E-state index contributed by atoms with van der Waals surface area (Å²) in [5, 5.41) is 0. The molecule has 0 spiro atoms. The Bertz CT molecular complexity index is 934. The van der Waals surface area contributed by atoms with Gasteiger partial charge in [0.05, 0.1) is 0 Å². The molecule has 0 aromatic heterocycles. The summed E-state index contributed by atoms with van der Waals surface area (Å²) in [5.41, 5.74) is 3.12. The molecule has 0 aliphatic carbocycles. The zero-order valence-corrected chi connectivity index (χ0v) is 15.7. The van der Waals surface area contributed by atoms with E-state index in [-0.39, 0.29) is 18.2 Å². The molecule has 4 rings (SSSR count). The van der Waals surface area contributed by atoms with Gasteiger partial charge >= 0.3 is 5.97 Å². The molecular weight excluding hydrogens is 352 g/mol. The summed E-state index contributed by atoms with van der Waals surface area (Å²) >= 11 is 0. The van der Waals surface area contributed by atoms with Gasteiger partial charge in [-0.1, -0.05) is 60.7 Å². The van der Waals surface area contributed by atoms with Gasteiger partial charge in [-0.3, -0.25) is 4.79 Å². The Hall–Kier alpha value is -3.27. The second-order valence-electron chi connectivity index (χ2n) is 6.84. The molecule has 0 saturated heterocycles. The largest absolute Gasteiger partial charge is 0.489 e. The fourth-order valence-electron chi connectivity index (χ4n) is 3.42. The predicted octanol–water partition coefficient (Wildman–Crippen LogP) is 4.87. The van der Waals surface area contributed by atoms with Gasteiger partial charge in [0.25, 0.3) is 0 Å². The number of rotatable bonds is 5. The van der Waals surface area contributed by atoms with Crippen LogP contribution >= 0.6 is 0 Å². The van der Waals surface area contributed by atoms with E-state index in [1.165, 1.54) is 6.92 Å². The Morgan fingerprint density at radius 3 is 2.43 bits per heavy atom. The third-order valence-corrected chi connectivity index (χ3v) is 4.76. The number of hydrogen-bond donors (Lipinski definition) is 0. The second kappa shape index (κ2) is 8.17. The van der Waals surface area contributed by atoms with E-state index in [2.05, 4.69) is 0 Å². The summed E-state index contributed by atoms with van der Waals surface area (Å²) in [6.45, 7) is 1.95. The monoisotopic (exact) mass is 374 g/mol. The normalized spacial score (nSPS) is 17.9. The highest BCUT2D eigenvalue weighted by atomic mass is 16.6. The number of carbonyl (C=O) groups excluding carboxylic acids is 1. The summed E-state index contributed by atoms with van der Waals surface area (Å²) in [4.78, 5) is 11.6. The number of benzene rings is 3. The van der Waals surface area contributed by atoms with Gasteiger partial charge in [-0.25, -0.2) is 0 Å². The SMILES string of the molecule is CC(=O)O[C@H]1Cc2ccccc2O[C@@H]1c1ccc(OCc2ccccc2)cc1. The molecule has 4 nitrogen and oxygen atoms in total. The number of para-hydroxylation sites is 1. The molecule has 3 aromatic rings. The van der Waals surface area contributed by atoms with Crippen LogP contribution in [0.4, 0.5) is 0 Å². The molecule has 0 fully saturated rings. The van der Waals surface area contributed by atoms with E-state index in [0.29, 0.717) is 13.0 Å². The van der Waals surface area contributed by atoms with Crippen molar-refractivity contribution in [2.75, 3.05) is 0 Å². The van der Waals surface area contributed by atoms with Crippen LogP contribution in [0.25, 0.3) is 0 Å². The highest BCUT2D eigenvalue weighted by Crippen LogP contribution is 2.37. The highest BCUT2D eigenvalue weighted by molar-refractivity contribution is 5.66. The minimum Gasteiger partial charge on any atom is -0.489 e. The molecular formula is C24H22O4. The fraction of sp³-hybridized carbons (Fsp3) is 0.208. The van der Waals surface area contributed by atoms with Crippen molar-refractivity contribution in [1.29, 1.82) is 0 Å². The average Bonchev–Trinajstić information content (AvgIpc) is 2.72. The molecule has 0 radical (unpaired) electrons. The van der Waals surface area contributed by atoms with Crippen molar-refractivity contribution in [1.82, 2.24) is 0 Å². The van der Waals surface area contributed by atoms with Gasteiger partial charge in [0.2, 0.25) is 0 Å². The number of ether oxygens (including phenoxy) is 3. The van der Waals surface area contributed by atoms with Crippen LogP contribution < -0.4 is 9.47 Å². The van der Waals surface area contributed by atoms with E-state index < -0.39 is 0 Å². The molecule has 0 N–H and O–H groups in total. The van der Waals surface area contributed by atoms with Crippen molar-refractivity contribution >= 4 is 5.97 Å². The van der Waals surface area contributed by atoms with Crippen LogP contribution in [0.5, 0.6) is 11.5 Å². The molecule has 4 heteroatoms. The third kappa shape index (κ3) is 4.17. The van der Waals surface area contributed by atoms with Crippen LogP contribution in [-0.2, 0) is 22.6 Å². The summed E-state index contributed by atoms with van der Waals surface area (Å²) < 4.78 is 17.6. The standard InChI is InChI=1S/C24H22O4/c1-17(25)27-23-15-20-9-5-6-10-22(20)28-24(23)19-11-13-21(14-12-19)26-16-18-7-3-2-4-8-18/h2-14,23-24H,15-16H2,1H3/t23-,24+/m0/s1. The lowest BCUT2D eigenvalue weighted by atomic mass is 9.94. The second-order valence-corrected chi connectivity index (χ2v) is 6.84. The Labute approximate surface area is 164 Å². The zero-order valence-electron chi connectivity index (χ0n) is 15.7. The molecule has 0 saturated carbocycles. The molecule has 142 valence electrons. The molecule has 1 heterocycles. The molecule has 1 aliphatic heterocycles. The van der Waals surface area contributed by atoms with Crippen molar-refractivity contribution < 1.29 is 19.0 Å². The summed E-state index contributed by atoms with van der Waals surface area (Å²) in [7, 11) is 0. The van der Waals surface area contributed by atoms with Crippen molar-refractivity contribution in [3.05, 3.63) is 95.6 Å². The van der Waals surface area contributed by atoms with E-state index >= 15 is 0 Å². The molecule has 0 bridgehead atoms. The first-order valence-corrected chi connectivity index (χ1v) is 9.37. The lowest BCUT2D eigenvalue weighted by molar-refractivity contribution is -0.152. The van der Waals surface area contributed by atoms with E-state index in [4.69, 9.17) is 14.2 Å². The first-order chi connectivity index (χ1) is 13.7. The fourth-order valence-corrected chi connectivity index (χ4v) is 3.42. The van der Waals surface area contributed by atoms with E-state index in [1.807, 2.05) is 78.9 Å². The van der Waals surface area contributed by atoms with Gasteiger partial charge in [0, 0.05) is 13.3 Å². The van der Waals surface area contributed by atoms with Crippen molar-refractivity contribution in [3.8, 4) is 11.5 Å². The van der Waals surface area contributed by atoms with E-state index in [9.17, 15) is 4.79 Å². The maximum Gasteiger partial charge on any atom is 0.303 e. The highest BCUT2D eigenvalue weighted by Gasteiger charge is 2.33.